The van der Waals surface area contributed by atoms with E-state index in [1.807, 2.05) is 36.5 Å². The fourth-order valence-electron chi connectivity index (χ4n) is 3.58. The lowest BCUT2D eigenvalue weighted by Crippen LogP contribution is -2.26. The molecular formula is C27H21BrFN3O2. The predicted octanol–water partition coefficient (Wildman–Crippen LogP) is 5.91. The summed E-state index contributed by atoms with van der Waals surface area (Å²) < 4.78 is 20.5. The number of hydrogen-bond donors (Lipinski definition) is 2. The van der Waals surface area contributed by atoms with Gasteiger partial charge in [0.25, 0.3) is 5.91 Å². The van der Waals surface area contributed by atoms with Crippen LogP contribution in [0.3, 0.4) is 0 Å². The molecule has 0 spiro atoms. The molecule has 0 saturated heterocycles. The molecule has 4 rings (SSSR count). The number of fused-ring (bicyclic) bond motifs is 1. The van der Waals surface area contributed by atoms with Crippen LogP contribution in [0.4, 0.5) is 4.39 Å². The molecule has 7 heteroatoms. The van der Waals surface area contributed by atoms with Crippen LogP contribution in [0.1, 0.15) is 16.7 Å². The van der Waals surface area contributed by atoms with Gasteiger partial charge in [0.15, 0.2) is 0 Å². The number of carbonyl (C=O) groups excluding carboxylic acids is 1. The van der Waals surface area contributed by atoms with Gasteiger partial charge in [-0.05, 0) is 48.4 Å². The summed E-state index contributed by atoms with van der Waals surface area (Å²) in [4.78, 5) is 15.9. The lowest BCUT2D eigenvalue weighted by Gasteiger charge is -2.11. The highest BCUT2D eigenvalue weighted by atomic mass is 79.9. The van der Waals surface area contributed by atoms with E-state index in [2.05, 4.69) is 26.2 Å². The lowest BCUT2D eigenvalue weighted by molar-refractivity contribution is -0.117. The van der Waals surface area contributed by atoms with E-state index in [0.29, 0.717) is 29.8 Å². The van der Waals surface area contributed by atoms with Crippen LogP contribution in [0.2, 0.25) is 0 Å². The topological polar surface area (TPSA) is 77.9 Å². The number of nitrogens with one attached hydrogen (secondary N) is 2. The second-order valence-electron chi connectivity index (χ2n) is 7.60. The molecule has 5 nitrogen and oxygen atoms in total. The Bertz CT molecular complexity index is 1400. The largest absolute Gasteiger partial charge is 0.488 e. The Balaban J connectivity index is 1.45. The number of aromatic amines is 1. The molecule has 0 aliphatic rings. The Hall–Kier alpha value is -3.89. The molecular weight excluding hydrogens is 497 g/mol. The number of nitriles is 1. The maximum absolute atomic E-state index is 13.9. The van der Waals surface area contributed by atoms with Gasteiger partial charge in [-0.25, -0.2) is 4.39 Å². The van der Waals surface area contributed by atoms with E-state index >= 15 is 0 Å². The fourth-order valence-corrected chi connectivity index (χ4v) is 3.96. The highest BCUT2D eigenvalue weighted by molar-refractivity contribution is 9.10. The van der Waals surface area contributed by atoms with E-state index in [1.54, 1.807) is 36.4 Å². The Kier molecular flexibility index (Phi) is 7.41. The molecule has 1 aromatic heterocycles. The first-order valence-electron chi connectivity index (χ1n) is 10.7. The third-order valence-electron chi connectivity index (χ3n) is 5.33. The van der Waals surface area contributed by atoms with Crippen molar-refractivity contribution in [3.05, 3.63) is 105 Å². The molecule has 4 aromatic rings. The van der Waals surface area contributed by atoms with Crippen molar-refractivity contribution >= 4 is 38.8 Å². The number of amides is 1. The molecule has 0 bridgehead atoms. The van der Waals surface area contributed by atoms with Crippen molar-refractivity contribution in [1.82, 2.24) is 10.3 Å². The average molecular weight is 518 g/mol. The molecule has 0 saturated carbocycles. The van der Waals surface area contributed by atoms with E-state index in [0.717, 1.165) is 20.9 Å². The van der Waals surface area contributed by atoms with Crippen LogP contribution >= 0.6 is 15.9 Å². The Morgan fingerprint density at radius 2 is 1.91 bits per heavy atom. The maximum atomic E-state index is 13.9. The highest BCUT2D eigenvalue weighted by Gasteiger charge is 2.12. The van der Waals surface area contributed by atoms with Crippen LogP contribution in [0.25, 0.3) is 17.0 Å². The van der Waals surface area contributed by atoms with Crippen molar-refractivity contribution in [2.75, 3.05) is 6.54 Å². The summed E-state index contributed by atoms with van der Waals surface area (Å²) >= 11 is 3.41. The lowest BCUT2D eigenvalue weighted by atomic mass is 10.1. The number of rotatable bonds is 8. The number of benzene rings is 3. The van der Waals surface area contributed by atoms with Crippen molar-refractivity contribution in [2.45, 2.75) is 13.0 Å². The van der Waals surface area contributed by atoms with E-state index < -0.39 is 5.91 Å². The minimum Gasteiger partial charge on any atom is -0.488 e. The quantitative estimate of drug-likeness (QED) is 0.225. The summed E-state index contributed by atoms with van der Waals surface area (Å²) in [5.41, 5.74) is 3.03. The maximum Gasteiger partial charge on any atom is 0.261 e. The predicted molar refractivity (Wildman–Crippen MR) is 133 cm³/mol. The van der Waals surface area contributed by atoms with Crippen molar-refractivity contribution < 1.29 is 13.9 Å². The minimum absolute atomic E-state index is 0.0217. The minimum atomic E-state index is -0.470. The first-order valence-corrected chi connectivity index (χ1v) is 11.4. The average Bonchev–Trinajstić information content (AvgIpc) is 3.26. The summed E-state index contributed by atoms with van der Waals surface area (Å²) in [6, 6.07) is 21.5. The summed E-state index contributed by atoms with van der Waals surface area (Å²) in [5, 5.41) is 13.5. The molecule has 0 aliphatic carbocycles. The van der Waals surface area contributed by atoms with Gasteiger partial charge >= 0.3 is 0 Å². The third kappa shape index (κ3) is 5.53. The zero-order valence-electron chi connectivity index (χ0n) is 18.1. The normalized spacial score (nSPS) is 11.3. The van der Waals surface area contributed by atoms with Gasteiger partial charge in [-0.15, -0.1) is 0 Å². The Labute approximate surface area is 205 Å². The highest BCUT2D eigenvalue weighted by Crippen LogP contribution is 2.27. The SMILES string of the molecule is N#C/C(=C/c1cc(Br)ccc1OCc1ccccc1F)C(=O)NCCc1c[nH]c2ccccc12. The summed E-state index contributed by atoms with van der Waals surface area (Å²) in [5.74, 6) is -0.392. The van der Waals surface area contributed by atoms with Gasteiger partial charge < -0.3 is 15.0 Å². The van der Waals surface area contributed by atoms with E-state index in [-0.39, 0.29) is 18.0 Å². The Morgan fingerprint density at radius 1 is 1.12 bits per heavy atom. The Morgan fingerprint density at radius 3 is 2.74 bits per heavy atom. The number of H-pyrrole nitrogens is 1. The summed E-state index contributed by atoms with van der Waals surface area (Å²) in [7, 11) is 0. The summed E-state index contributed by atoms with van der Waals surface area (Å²) in [6.45, 7) is 0.405. The third-order valence-corrected chi connectivity index (χ3v) is 5.83. The molecule has 1 heterocycles. The van der Waals surface area contributed by atoms with E-state index in [4.69, 9.17) is 4.74 Å². The first kappa shape index (κ1) is 23.3. The van der Waals surface area contributed by atoms with Gasteiger partial charge in [0.1, 0.15) is 29.8 Å². The smallest absolute Gasteiger partial charge is 0.261 e. The monoisotopic (exact) mass is 517 g/mol. The van der Waals surface area contributed by atoms with Crippen LogP contribution in [0.5, 0.6) is 5.75 Å². The first-order chi connectivity index (χ1) is 16.5. The zero-order chi connectivity index (χ0) is 23.9. The van der Waals surface area contributed by atoms with Crippen molar-refractivity contribution in [1.29, 1.82) is 5.26 Å². The molecule has 0 aliphatic heterocycles. The van der Waals surface area contributed by atoms with Crippen LogP contribution in [0.15, 0.2) is 83.0 Å². The van der Waals surface area contributed by atoms with E-state index in [1.165, 1.54) is 12.1 Å². The molecule has 34 heavy (non-hydrogen) atoms. The number of para-hydroxylation sites is 1. The van der Waals surface area contributed by atoms with Crippen LogP contribution < -0.4 is 10.1 Å². The number of carbonyl (C=O) groups is 1. The second kappa shape index (κ2) is 10.8. The van der Waals surface area contributed by atoms with Gasteiger partial charge in [0.05, 0.1) is 0 Å². The second-order valence-corrected chi connectivity index (χ2v) is 8.51. The van der Waals surface area contributed by atoms with Crippen LogP contribution in [0, 0.1) is 17.1 Å². The van der Waals surface area contributed by atoms with Gasteiger partial charge in [-0.3, -0.25) is 4.79 Å². The van der Waals surface area contributed by atoms with Crippen molar-refractivity contribution in [3.63, 3.8) is 0 Å². The molecule has 0 fully saturated rings. The molecule has 0 radical (unpaired) electrons. The van der Waals surface area contributed by atoms with Crippen molar-refractivity contribution in [2.24, 2.45) is 0 Å². The fraction of sp³-hybridized carbons (Fsp3) is 0.111. The number of hydrogen-bond acceptors (Lipinski definition) is 3. The van der Waals surface area contributed by atoms with Gasteiger partial charge in [0.2, 0.25) is 0 Å². The summed E-state index contributed by atoms with van der Waals surface area (Å²) in [6.07, 6.45) is 4.03. The molecule has 0 unspecified atom stereocenters. The van der Waals surface area contributed by atoms with E-state index in [9.17, 15) is 14.4 Å². The number of nitrogens with zero attached hydrogens (tertiary/aromatic N) is 1. The number of ether oxygens (including phenoxy) is 1. The molecule has 0 atom stereocenters. The molecule has 1 amide bonds. The van der Waals surface area contributed by atoms with Gasteiger partial charge in [0, 0.05) is 39.2 Å². The number of aromatic nitrogens is 1. The van der Waals surface area contributed by atoms with Crippen LogP contribution in [-0.4, -0.2) is 17.4 Å². The van der Waals surface area contributed by atoms with Gasteiger partial charge in [-0.2, -0.15) is 5.26 Å². The standard InChI is InChI=1S/C27H21BrFN3O2/c28-22-9-10-26(34-17-19-5-1-3-7-24(19)29)20(14-22)13-21(15-30)27(33)31-12-11-18-16-32-25-8-4-2-6-23(18)25/h1-10,13-14,16,32H,11-12,17H2,(H,31,33)/b21-13-. The molecule has 3 aromatic carbocycles. The van der Waals surface area contributed by atoms with Gasteiger partial charge in [-0.1, -0.05) is 52.3 Å². The molecule has 170 valence electrons. The zero-order valence-corrected chi connectivity index (χ0v) is 19.7. The van der Waals surface area contributed by atoms with Crippen LogP contribution in [-0.2, 0) is 17.8 Å². The number of halogens is 2. The molecule has 2 N–H and O–H groups in total. The van der Waals surface area contributed by atoms with Crippen molar-refractivity contribution in [3.8, 4) is 11.8 Å².